The molecule has 0 bridgehead atoms. The summed E-state index contributed by atoms with van der Waals surface area (Å²) in [6, 6.07) is 4.11. The van der Waals surface area contributed by atoms with Gasteiger partial charge in [0.05, 0.1) is 21.9 Å². The Morgan fingerprint density at radius 1 is 1.57 bits per heavy atom. The van der Waals surface area contributed by atoms with Gasteiger partial charge >= 0.3 is 0 Å². The van der Waals surface area contributed by atoms with Gasteiger partial charge < -0.3 is 11.1 Å². The molecule has 1 atom stereocenters. The third-order valence-corrected chi connectivity index (χ3v) is 4.28. The summed E-state index contributed by atoms with van der Waals surface area (Å²) in [6.45, 7) is 2.33. The maximum atomic E-state index is 12.1. The molecule has 1 fully saturated rings. The van der Waals surface area contributed by atoms with E-state index in [9.17, 15) is 14.9 Å². The molecule has 1 amide bonds. The zero-order valence-corrected chi connectivity index (χ0v) is 12.5. The predicted molar refractivity (Wildman–Crippen MR) is 80.1 cm³/mol. The Labute approximate surface area is 127 Å². The summed E-state index contributed by atoms with van der Waals surface area (Å²) in [7, 11) is 0. The van der Waals surface area contributed by atoms with E-state index in [-0.39, 0.29) is 28.6 Å². The van der Waals surface area contributed by atoms with Crippen LogP contribution in [0.3, 0.4) is 0 Å². The van der Waals surface area contributed by atoms with E-state index in [1.54, 1.807) is 0 Å². The highest BCUT2D eigenvalue weighted by molar-refractivity contribution is 6.31. The topological polar surface area (TPSA) is 98.3 Å². The molecule has 0 aliphatic heterocycles. The van der Waals surface area contributed by atoms with Gasteiger partial charge in [-0.05, 0) is 31.2 Å². The number of nitro benzene ring substituents is 1. The number of carbonyl (C=O) groups excluding carboxylic acids is 1. The summed E-state index contributed by atoms with van der Waals surface area (Å²) < 4.78 is 0. The van der Waals surface area contributed by atoms with Crippen molar-refractivity contribution in [2.75, 3.05) is 6.54 Å². The molecule has 0 aromatic heterocycles. The van der Waals surface area contributed by atoms with Crippen LogP contribution in [-0.2, 0) is 11.2 Å². The Morgan fingerprint density at radius 2 is 2.24 bits per heavy atom. The van der Waals surface area contributed by atoms with Crippen LogP contribution in [0.4, 0.5) is 5.69 Å². The van der Waals surface area contributed by atoms with Gasteiger partial charge in [-0.25, -0.2) is 0 Å². The van der Waals surface area contributed by atoms with Gasteiger partial charge in [0.15, 0.2) is 0 Å². The van der Waals surface area contributed by atoms with E-state index in [1.807, 2.05) is 6.92 Å². The van der Waals surface area contributed by atoms with Gasteiger partial charge in [0, 0.05) is 18.7 Å². The number of nitrogens with zero attached hydrogens (tertiary/aromatic N) is 1. The molecule has 0 saturated heterocycles. The van der Waals surface area contributed by atoms with Crippen molar-refractivity contribution in [1.82, 2.24) is 5.32 Å². The average molecular weight is 312 g/mol. The highest BCUT2D eigenvalue weighted by atomic mass is 35.5. The lowest BCUT2D eigenvalue weighted by Crippen LogP contribution is -2.53. The number of hydrogen-bond donors (Lipinski definition) is 2. The molecular formula is C14H18ClN3O3. The van der Waals surface area contributed by atoms with E-state index in [4.69, 9.17) is 17.3 Å². The smallest absolute Gasteiger partial charge is 0.270 e. The van der Waals surface area contributed by atoms with Crippen LogP contribution in [0.1, 0.15) is 25.3 Å². The van der Waals surface area contributed by atoms with Gasteiger partial charge in [-0.1, -0.05) is 17.7 Å². The molecule has 3 N–H and O–H groups in total. The number of nitro groups is 1. The predicted octanol–water partition coefficient (Wildman–Crippen LogP) is 2.03. The normalized spacial score (nSPS) is 17.1. The van der Waals surface area contributed by atoms with Crippen LogP contribution in [0.5, 0.6) is 0 Å². The molecule has 1 aromatic carbocycles. The van der Waals surface area contributed by atoms with E-state index in [0.717, 1.165) is 12.8 Å². The maximum absolute atomic E-state index is 12.1. The van der Waals surface area contributed by atoms with E-state index < -0.39 is 4.92 Å². The van der Waals surface area contributed by atoms with Crippen LogP contribution in [0.15, 0.2) is 18.2 Å². The maximum Gasteiger partial charge on any atom is 0.270 e. The Balaban J connectivity index is 2.04. The lowest BCUT2D eigenvalue weighted by Gasteiger charge is -2.29. The number of amides is 1. The summed E-state index contributed by atoms with van der Waals surface area (Å²) in [6.07, 6.45) is 2.23. The summed E-state index contributed by atoms with van der Waals surface area (Å²) in [4.78, 5) is 22.3. The molecular weight excluding hydrogens is 294 g/mol. The molecule has 21 heavy (non-hydrogen) atoms. The third kappa shape index (κ3) is 3.71. The first-order valence-electron chi connectivity index (χ1n) is 6.79. The number of hydrogen-bond acceptors (Lipinski definition) is 4. The minimum Gasteiger partial charge on any atom is -0.349 e. The average Bonchev–Trinajstić information content (AvgIpc) is 3.25. The Bertz CT molecular complexity index is 575. The molecule has 1 aromatic rings. The van der Waals surface area contributed by atoms with Crippen LogP contribution in [-0.4, -0.2) is 22.9 Å². The molecule has 1 saturated carbocycles. The summed E-state index contributed by atoms with van der Waals surface area (Å²) >= 11 is 5.99. The van der Waals surface area contributed by atoms with Gasteiger partial charge in [0.2, 0.25) is 5.91 Å². The Morgan fingerprint density at radius 3 is 2.71 bits per heavy atom. The first-order valence-corrected chi connectivity index (χ1v) is 7.17. The number of non-ortho nitro benzene ring substituents is 1. The molecule has 1 unspecified atom stereocenters. The zero-order valence-electron chi connectivity index (χ0n) is 11.8. The molecule has 2 rings (SSSR count). The highest BCUT2D eigenvalue weighted by Crippen LogP contribution is 2.39. The minimum atomic E-state index is -0.520. The largest absolute Gasteiger partial charge is 0.349 e. The lowest BCUT2D eigenvalue weighted by molar-refractivity contribution is -0.384. The van der Waals surface area contributed by atoms with E-state index >= 15 is 0 Å². The van der Waals surface area contributed by atoms with Gasteiger partial charge in [-0.15, -0.1) is 0 Å². The van der Waals surface area contributed by atoms with Crippen LogP contribution in [0, 0.1) is 16.0 Å². The van der Waals surface area contributed by atoms with Crippen molar-refractivity contribution in [2.24, 2.45) is 11.7 Å². The highest BCUT2D eigenvalue weighted by Gasteiger charge is 2.41. The molecule has 0 spiro atoms. The first-order chi connectivity index (χ1) is 9.85. The molecule has 114 valence electrons. The second-order valence-electron chi connectivity index (χ2n) is 5.65. The second kappa shape index (κ2) is 5.99. The quantitative estimate of drug-likeness (QED) is 0.620. The fourth-order valence-electron chi connectivity index (χ4n) is 2.37. The molecule has 1 aliphatic carbocycles. The van der Waals surface area contributed by atoms with Crippen LogP contribution in [0.25, 0.3) is 0 Å². The molecule has 7 heteroatoms. The van der Waals surface area contributed by atoms with E-state index in [0.29, 0.717) is 18.0 Å². The van der Waals surface area contributed by atoms with Gasteiger partial charge in [0.1, 0.15) is 0 Å². The molecule has 0 heterocycles. The monoisotopic (exact) mass is 311 g/mol. The molecule has 1 aliphatic rings. The number of halogens is 1. The Hall–Kier alpha value is -1.66. The van der Waals surface area contributed by atoms with Crippen molar-refractivity contribution < 1.29 is 9.72 Å². The summed E-state index contributed by atoms with van der Waals surface area (Å²) in [5, 5.41) is 13.8. The Kier molecular flexibility index (Phi) is 4.49. The summed E-state index contributed by atoms with van der Waals surface area (Å²) in [5.74, 6) is 0.254. The number of benzene rings is 1. The number of nitrogens with one attached hydrogen (secondary N) is 1. The molecule has 0 radical (unpaired) electrons. The van der Waals surface area contributed by atoms with Crippen molar-refractivity contribution >= 4 is 23.2 Å². The van der Waals surface area contributed by atoms with Crippen molar-refractivity contribution in [3.8, 4) is 0 Å². The van der Waals surface area contributed by atoms with Crippen molar-refractivity contribution in [1.29, 1.82) is 0 Å². The van der Waals surface area contributed by atoms with E-state index in [1.165, 1.54) is 18.2 Å². The zero-order chi connectivity index (χ0) is 15.6. The van der Waals surface area contributed by atoms with Gasteiger partial charge in [-0.3, -0.25) is 14.9 Å². The summed E-state index contributed by atoms with van der Waals surface area (Å²) in [5.41, 5.74) is 5.85. The van der Waals surface area contributed by atoms with E-state index in [2.05, 4.69) is 5.32 Å². The van der Waals surface area contributed by atoms with Crippen molar-refractivity contribution in [3.63, 3.8) is 0 Å². The standard InChI is InChI=1S/C14H18ClN3O3/c1-14(8-16,10-3-4-10)17-13(19)6-9-2-5-11(18(20)21)7-12(9)15/h2,5,7,10H,3-4,6,8,16H2,1H3,(H,17,19). The first kappa shape index (κ1) is 15.7. The van der Waals surface area contributed by atoms with Gasteiger partial charge in [-0.2, -0.15) is 0 Å². The van der Waals surface area contributed by atoms with Crippen molar-refractivity contribution in [2.45, 2.75) is 31.7 Å². The second-order valence-corrected chi connectivity index (χ2v) is 6.06. The lowest BCUT2D eigenvalue weighted by atomic mass is 9.95. The van der Waals surface area contributed by atoms with Crippen LogP contribution >= 0.6 is 11.6 Å². The third-order valence-electron chi connectivity index (χ3n) is 3.93. The number of carbonyl (C=O) groups is 1. The van der Waals surface area contributed by atoms with Crippen LogP contribution < -0.4 is 11.1 Å². The fourth-order valence-corrected chi connectivity index (χ4v) is 2.61. The SMILES string of the molecule is CC(CN)(NC(=O)Cc1ccc([N+](=O)[O-])cc1Cl)C1CC1. The number of rotatable bonds is 6. The number of nitrogens with two attached hydrogens (primary N) is 1. The fraction of sp³-hybridized carbons (Fsp3) is 0.500. The van der Waals surface area contributed by atoms with Crippen LogP contribution in [0.2, 0.25) is 5.02 Å². The minimum absolute atomic E-state index is 0.0825. The van der Waals surface area contributed by atoms with Crippen molar-refractivity contribution in [3.05, 3.63) is 38.9 Å². The van der Waals surface area contributed by atoms with Gasteiger partial charge in [0.25, 0.3) is 5.69 Å². The molecule has 6 nitrogen and oxygen atoms in total.